The summed E-state index contributed by atoms with van der Waals surface area (Å²) in [5, 5.41) is 19.1. The smallest absolute Gasteiger partial charge is 0.178 e. The molecule has 0 radical (unpaired) electrons. The molecule has 0 aliphatic carbocycles. The van der Waals surface area contributed by atoms with Crippen molar-refractivity contribution >= 4 is 5.78 Å². The Hall–Kier alpha value is -2.42. The largest absolute Gasteiger partial charge is 0.391 e. The average Bonchev–Trinajstić information content (AvgIpc) is 3.25. The van der Waals surface area contributed by atoms with Gasteiger partial charge in [0, 0.05) is 34.7 Å². The summed E-state index contributed by atoms with van der Waals surface area (Å²) in [5.74, 6) is 0.115. The molecular formula is C21H23N3O2. The highest BCUT2D eigenvalue weighted by Crippen LogP contribution is 2.37. The van der Waals surface area contributed by atoms with Gasteiger partial charge >= 0.3 is 0 Å². The molecule has 0 amide bonds. The second-order valence-corrected chi connectivity index (χ2v) is 7.48. The highest BCUT2D eigenvalue weighted by Gasteiger charge is 2.46. The van der Waals surface area contributed by atoms with Crippen molar-refractivity contribution in [3.05, 3.63) is 52.8 Å². The number of carbonyl (C=O) groups excluding carboxylic acids is 1. The molecule has 0 spiro atoms. The lowest BCUT2D eigenvalue weighted by atomic mass is 9.98. The van der Waals surface area contributed by atoms with E-state index in [1.54, 1.807) is 12.1 Å². The number of aryl methyl sites for hydroxylation is 1. The Labute approximate surface area is 153 Å². The summed E-state index contributed by atoms with van der Waals surface area (Å²) < 4.78 is 2.06. The average molecular weight is 349 g/mol. The van der Waals surface area contributed by atoms with Crippen LogP contribution in [-0.4, -0.2) is 45.1 Å². The minimum atomic E-state index is -0.285. The molecule has 2 unspecified atom stereocenters. The number of hydrogen-bond acceptors (Lipinski definition) is 4. The first kappa shape index (κ1) is 17.0. The van der Waals surface area contributed by atoms with E-state index in [0.717, 1.165) is 41.9 Å². The van der Waals surface area contributed by atoms with Gasteiger partial charge < -0.3 is 9.67 Å². The van der Waals surface area contributed by atoms with Crippen LogP contribution in [0.25, 0.3) is 5.69 Å². The second-order valence-electron chi connectivity index (χ2n) is 7.48. The fourth-order valence-corrected chi connectivity index (χ4v) is 4.69. The first-order valence-electron chi connectivity index (χ1n) is 9.16. The number of rotatable bonds is 4. The van der Waals surface area contributed by atoms with Gasteiger partial charge in [0.05, 0.1) is 24.3 Å². The van der Waals surface area contributed by atoms with E-state index in [-0.39, 0.29) is 17.9 Å². The quantitative estimate of drug-likeness (QED) is 0.862. The summed E-state index contributed by atoms with van der Waals surface area (Å²) in [7, 11) is 0. The number of fused-ring (bicyclic) bond motifs is 2. The summed E-state index contributed by atoms with van der Waals surface area (Å²) in [6.45, 7) is 4.33. The van der Waals surface area contributed by atoms with E-state index in [9.17, 15) is 9.90 Å². The number of Topliss-reactive ketones (excluding diaryl/α,β-unsaturated/α-hetero) is 1. The van der Waals surface area contributed by atoms with Crippen molar-refractivity contribution in [2.75, 3.05) is 6.54 Å². The molecule has 1 N–H and O–H groups in total. The van der Waals surface area contributed by atoms with E-state index in [4.69, 9.17) is 5.26 Å². The van der Waals surface area contributed by atoms with Crippen LogP contribution in [0.5, 0.6) is 0 Å². The number of aromatic nitrogens is 1. The fraction of sp³-hybridized carbons (Fsp3) is 0.429. The molecule has 3 atom stereocenters. The molecule has 0 saturated carbocycles. The van der Waals surface area contributed by atoms with Gasteiger partial charge in [0.1, 0.15) is 0 Å². The van der Waals surface area contributed by atoms with Gasteiger partial charge in [0.2, 0.25) is 0 Å². The number of aliphatic hydroxyl groups excluding tert-OH is 1. The number of carbonyl (C=O) groups is 1. The van der Waals surface area contributed by atoms with Crippen LogP contribution >= 0.6 is 0 Å². The van der Waals surface area contributed by atoms with Crippen molar-refractivity contribution in [1.29, 1.82) is 5.26 Å². The SMILES string of the molecule is Cc1cc(C(=O)CN2C3CCC2[C@H](O)C3)c(C)n1-c1ccc(C#N)cc1. The Kier molecular flexibility index (Phi) is 4.18. The van der Waals surface area contributed by atoms with Crippen molar-refractivity contribution in [3.63, 3.8) is 0 Å². The zero-order valence-electron chi connectivity index (χ0n) is 15.1. The van der Waals surface area contributed by atoms with Crippen LogP contribution in [0.1, 0.15) is 46.6 Å². The molecule has 4 rings (SSSR count). The van der Waals surface area contributed by atoms with Crippen LogP contribution in [0.3, 0.4) is 0 Å². The number of aliphatic hydroxyl groups is 1. The lowest BCUT2D eigenvalue weighted by Gasteiger charge is -2.21. The van der Waals surface area contributed by atoms with Gasteiger partial charge in [-0.15, -0.1) is 0 Å². The minimum Gasteiger partial charge on any atom is -0.391 e. The molecule has 2 fully saturated rings. The molecule has 5 nitrogen and oxygen atoms in total. The molecule has 2 aliphatic heterocycles. The predicted molar refractivity (Wildman–Crippen MR) is 98.4 cm³/mol. The Morgan fingerprint density at radius 2 is 2.00 bits per heavy atom. The molecular weight excluding hydrogens is 326 g/mol. The van der Waals surface area contributed by atoms with Crippen LogP contribution in [0.15, 0.2) is 30.3 Å². The summed E-state index contributed by atoms with van der Waals surface area (Å²) >= 11 is 0. The van der Waals surface area contributed by atoms with Gasteiger partial charge in [-0.25, -0.2) is 0 Å². The first-order chi connectivity index (χ1) is 12.5. The number of ketones is 1. The Morgan fingerprint density at radius 1 is 1.27 bits per heavy atom. The fourth-order valence-electron chi connectivity index (χ4n) is 4.69. The van der Waals surface area contributed by atoms with Crippen molar-refractivity contribution in [1.82, 2.24) is 9.47 Å². The molecule has 2 aliphatic rings. The van der Waals surface area contributed by atoms with Gasteiger partial charge in [0.15, 0.2) is 5.78 Å². The van der Waals surface area contributed by atoms with Crippen LogP contribution < -0.4 is 0 Å². The monoisotopic (exact) mass is 349 g/mol. The molecule has 2 aromatic rings. The van der Waals surface area contributed by atoms with E-state index in [1.807, 2.05) is 32.0 Å². The zero-order valence-corrected chi connectivity index (χ0v) is 15.1. The molecule has 2 bridgehead atoms. The van der Waals surface area contributed by atoms with E-state index in [0.29, 0.717) is 18.2 Å². The number of nitrogens with zero attached hydrogens (tertiary/aromatic N) is 3. The predicted octanol–water partition coefficient (Wildman–Crippen LogP) is 2.75. The molecule has 26 heavy (non-hydrogen) atoms. The maximum atomic E-state index is 13.0. The number of hydrogen-bond donors (Lipinski definition) is 1. The zero-order chi connectivity index (χ0) is 18.4. The lowest BCUT2D eigenvalue weighted by molar-refractivity contribution is 0.0873. The molecule has 1 aromatic carbocycles. The van der Waals surface area contributed by atoms with Gasteiger partial charge in [-0.2, -0.15) is 5.26 Å². The van der Waals surface area contributed by atoms with Crippen molar-refractivity contribution in [3.8, 4) is 11.8 Å². The summed E-state index contributed by atoms with van der Waals surface area (Å²) in [5.41, 5.74) is 4.24. The van der Waals surface area contributed by atoms with Gasteiger partial charge in [-0.1, -0.05) is 0 Å². The Morgan fingerprint density at radius 3 is 2.58 bits per heavy atom. The highest BCUT2D eigenvalue weighted by atomic mass is 16.3. The second kappa shape index (κ2) is 6.39. The van der Waals surface area contributed by atoms with Crippen molar-refractivity contribution < 1.29 is 9.90 Å². The maximum absolute atomic E-state index is 13.0. The van der Waals surface area contributed by atoms with Crippen LogP contribution in [0.2, 0.25) is 0 Å². The van der Waals surface area contributed by atoms with E-state index in [1.165, 1.54) is 0 Å². The van der Waals surface area contributed by atoms with E-state index < -0.39 is 0 Å². The third-order valence-electron chi connectivity index (χ3n) is 5.96. The van der Waals surface area contributed by atoms with Crippen molar-refractivity contribution in [2.24, 2.45) is 0 Å². The summed E-state index contributed by atoms with van der Waals surface area (Å²) in [6, 6.07) is 12.0. The normalized spacial score (nSPS) is 24.8. The molecule has 3 heterocycles. The van der Waals surface area contributed by atoms with Crippen LogP contribution in [-0.2, 0) is 0 Å². The third kappa shape index (κ3) is 2.66. The minimum absolute atomic E-state index is 0.115. The molecule has 1 aromatic heterocycles. The Balaban J connectivity index is 1.60. The maximum Gasteiger partial charge on any atom is 0.178 e. The standard InChI is InChI=1S/C21H23N3O2/c1-13-9-18(14(2)24(13)16-5-3-15(11-22)4-6-16)21(26)12-23-17-7-8-19(23)20(25)10-17/h3-6,9,17,19-20,25H,7-8,10,12H2,1-2H3/t17?,19?,20-/m1/s1. The van der Waals surface area contributed by atoms with Crippen LogP contribution in [0, 0.1) is 25.2 Å². The van der Waals surface area contributed by atoms with Crippen molar-refractivity contribution in [2.45, 2.75) is 51.3 Å². The highest BCUT2D eigenvalue weighted by molar-refractivity contribution is 5.99. The van der Waals surface area contributed by atoms with Gasteiger partial charge in [-0.3, -0.25) is 9.69 Å². The third-order valence-corrected chi connectivity index (χ3v) is 5.96. The first-order valence-corrected chi connectivity index (χ1v) is 9.16. The lowest BCUT2D eigenvalue weighted by Crippen LogP contribution is -2.36. The molecule has 5 heteroatoms. The summed E-state index contributed by atoms with van der Waals surface area (Å²) in [6.07, 6.45) is 2.58. The van der Waals surface area contributed by atoms with E-state index in [2.05, 4.69) is 15.5 Å². The topological polar surface area (TPSA) is 69.3 Å². The van der Waals surface area contributed by atoms with Gasteiger partial charge in [0.25, 0.3) is 0 Å². The summed E-state index contributed by atoms with van der Waals surface area (Å²) in [4.78, 5) is 15.2. The number of nitriles is 1. The molecule has 134 valence electrons. The van der Waals surface area contributed by atoms with Gasteiger partial charge in [-0.05, 0) is 63.4 Å². The van der Waals surface area contributed by atoms with E-state index >= 15 is 0 Å². The Bertz CT molecular complexity index is 891. The van der Waals surface area contributed by atoms with Crippen LogP contribution in [0.4, 0.5) is 0 Å². The number of benzene rings is 1. The molecule has 2 saturated heterocycles.